The fraction of sp³-hybridized carbons (Fsp3) is 0.263. The number of benzene rings is 1. The zero-order valence-corrected chi connectivity index (χ0v) is 15.8. The number of anilines is 1. The second kappa shape index (κ2) is 8.28. The monoisotopic (exact) mass is 441 g/mol. The predicted molar refractivity (Wildman–Crippen MR) is 101 cm³/mol. The van der Waals surface area contributed by atoms with E-state index in [9.17, 15) is 26.7 Å². The van der Waals surface area contributed by atoms with Crippen LogP contribution in [0.2, 0.25) is 0 Å². The molecule has 0 saturated heterocycles. The van der Waals surface area contributed by atoms with Crippen LogP contribution in [0.1, 0.15) is 28.9 Å². The van der Waals surface area contributed by atoms with Gasteiger partial charge in [0.1, 0.15) is 11.5 Å². The van der Waals surface area contributed by atoms with Crippen LogP contribution in [0.15, 0.2) is 48.4 Å². The highest BCUT2D eigenvalue weighted by Gasteiger charge is 2.63. The van der Waals surface area contributed by atoms with Crippen LogP contribution < -0.4 is 15.8 Å². The van der Waals surface area contributed by atoms with Gasteiger partial charge in [0, 0.05) is 24.1 Å². The number of alkyl halides is 4. The number of nitrogens with one attached hydrogen (secondary N) is 1. The molecule has 164 valence electrons. The fourth-order valence-corrected chi connectivity index (χ4v) is 3.09. The van der Waals surface area contributed by atoms with E-state index in [-0.39, 0.29) is 17.3 Å². The quantitative estimate of drug-likeness (QED) is 0.527. The molecule has 1 amide bonds. The number of amidine groups is 1. The number of aromatic nitrogens is 2. The Morgan fingerprint density at radius 2 is 2.03 bits per heavy atom. The molecule has 1 aliphatic rings. The van der Waals surface area contributed by atoms with E-state index in [0.29, 0.717) is 12.1 Å². The van der Waals surface area contributed by atoms with Crippen molar-refractivity contribution in [3.63, 3.8) is 0 Å². The number of hydrogen-bond acceptors (Lipinski definition) is 6. The molecule has 1 atom stereocenters. The zero-order chi connectivity index (χ0) is 22.8. The number of carbonyl (C=O) groups is 1. The summed E-state index contributed by atoms with van der Waals surface area (Å²) >= 11 is 0. The largest absolute Gasteiger partial charge is 0.446 e. The van der Waals surface area contributed by atoms with Crippen molar-refractivity contribution >= 4 is 17.4 Å². The number of ether oxygens (including phenoxy) is 1. The van der Waals surface area contributed by atoms with Crippen molar-refractivity contribution < 1.29 is 31.5 Å². The molecule has 1 aromatic heterocycles. The van der Waals surface area contributed by atoms with Crippen LogP contribution in [-0.2, 0) is 5.54 Å². The maximum atomic E-state index is 14.6. The standard InChI is InChI=1S/C19H16F5N5O2/c1-2-31-15-9-26-13(8-27-15)16(30)28-10-3-4-12(20)11(7-10)19(17(21)22)18(23,24)6-5-14(25)29-19/h2-4,7-9,17H,1,5-6H2,(H2,25,29)(H,28,30)/t19-/m0/s1. The van der Waals surface area contributed by atoms with Gasteiger partial charge in [0.15, 0.2) is 0 Å². The van der Waals surface area contributed by atoms with Crippen molar-refractivity contribution in [2.45, 2.75) is 30.7 Å². The molecule has 0 saturated carbocycles. The highest BCUT2D eigenvalue weighted by atomic mass is 19.3. The number of nitrogens with zero attached hydrogens (tertiary/aromatic N) is 3. The second-order valence-corrected chi connectivity index (χ2v) is 6.55. The molecule has 3 N–H and O–H groups in total. The van der Waals surface area contributed by atoms with Gasteiger partial charge < -0.3 is 15.8 Å². The van der Waals surface area contributed by atoms with E-state index in [0.717, 1.165) is 24.7 Å². The third kappa shape index (κ3) is 4.05. The van der Waals surface area contributed by atoms with Crippen molar-refractivity contribution in [3.05, 3.63) is 60.5 Å². The first kappa shape index (κ1) is 22.1. The average Bonchev–Trinajstić information content (AvgIpc) is 2.72. The topological polar surface area (TPSA) is 102 Å². The zero-order valence-electron chi connectivity index (χ0n) is 15.8. The Bertz CT molecular complexity index is 1030. The first-order chi connectivity index (χ1) is 14.6. The van der Waals surface area contributed by atoms with Gasteiger partial charge in [-0.1, -0.05) is 6.58 Å². The first-order valence-electron chi connectivity index (χ1n) is 8.82. The molecule has 0 radical (unpaired) electrons. The molecule has 1 aromatic carbocycles. The van der Waals surface area contributed by atoms with Crippen LogP contribution in [0.3, 0.4) is 0 Å². The van der Waals surface area contributed by atoms with Crippen LogP contribution in [0.25, 0.3) is 0 Å². The van der Waals surface area contributed by atoms with E-state index in [1.165, 1.54) is 0 Å². The molecule has 12 heteroatoms. The molecule has 0 spiro atoms. The third-order valence-electron chi connectivity index (χ3n) is 4.59. The lowest BCUT2D eigenvalue weighted by Crippen LogP contribution is -2.54. The lowest BCUT2D eigenvalue weighted by molar-refractivity contribution is -0.145. The Morgan fingerprint density at radius 1 is 1.29 bits per heavy atom. The normalized spacial score (nSPS) is 20.1. The highest BCUT2D eigenvalue weighted by Crippen LogP contribution is 2.51. The molecule has 7 nitrogen and oxygen atoms in total. The van der Waals surface area contributed by atoms with Gasteiger partial charge in [-0.25, -0.2) is 36.9 Å². The van der Waals surface area contributed by atoms with Gasteiger partial charge in [0.25, 0.3) is 18.3 Å². The molecule has 1 aliphatic heterocycles. The molecule has 0 unspecified atom stereocenters. The average molecular weight is 441 g/mol. The Labute approximate surface area is 172 Å². The lowest BCUT2D eigenvalue weighted by Gasteiger charge is -2.40. The van der Waals surface area contributed by atoms with Gasteiger partial charge >= 0.3 is 0 Å². The molecule has 0 fully saturated rings. The first-order valence-corrected chi connectivity index (χ1v) is 8.82. The van der Waals surface area contributed by atoms with Gasteiger partial charge in [-0.15, -0.1) is 0 Å². The summed E-state index contributed by atoms with van der Waals surface area (Å²) in [6.07, 6.45) is -1.94. The molecule has 31 heavy (non-hydrogen) atoms. The summed E-state index contributed by atoms with van der Waals surface area (Å²) in [5.41, 5.74) is 0.402. The van der Waals surface area contributed by atoms with Crippen LogP contribution in [0.4, 0.5) is 27.6 Å². The predicted octanol–water partition coefficient (Wildman–Crippen LogP) is 3.64. The van der Waals surface area contributed by atoms with E-state index in [1.54, 1.807) is 0 Å². The molecule has 0 bridgehead atoms. The number of carbonyl (C=O) groups excluding carboxylic acids is 1. The molecule has 2 heterocycles. The van der Waals surface area contributed by atoms with E-state index < -0.39 is 53.9 Å². The summed E-state index contributed by atoms with van der Waals surface area (Å²) in [6.45, 7) is 3.33. The van der Waals surface area contributed by atoms with Gasteiger partial charge in [-0.2, -0.15) is 0 Å². The number of hydrogen-bond donors (Lipinski definition) is 2. The Kier molecular flexibility index (Phi) is 5.91. The number of nitrogens with two attached hydrogens (primary N) is 1. The number of rotatable bonds is 6. The van der Waals surface area contributed by atoms with Gasteiger partial charge in [-0.3, -0.25) is 4.79 Å². The molecular weight excluding hydrogens is 425 g/mol. The van der Waals surface area contributed by atoms with E-state index >= 15 is 0 Å². The summed E-state index contributed by atoms with van der Waals surface area (Å²) in [6, 6.07) is 2.38. The Balaban J connectivity index is 1.98. The van der Waals surface area contributed by atoms with Crippen LogP contribution in [-0.4, -0.2) is 34.1 Å². The molecule has 0 aliphatic carbocycles. The number of amides is 1. The molecular formula is C19H16F5N5O2. The third-order valence-corrected chi connectivity index (χ3v) is 4.59. The van der Waals surface area contributed by atoms with Gasteiger partial charge in [0.2, 0.25) is 11.4 Å². The maximum Gasteiger partial charge on any atom is 0.283 e. The number of aliphatic imine (C=N–C) groups is 1. The fourth-order valence-electron chi connectivity index (χ4n) is 3.09. The second-order valence-electron chi connectivity index (χ2n) is 6.55. The minimum absolute atomic E-state index is 0.0597. The Hall–Kier alpha value is -3.57. The summed E-state index contributed by atoms with van der Waals surface area (Å²) in [5.74, 6) is -6.66. The molecule has 3 rings (SSSR count). The van der Waals surface area contributed by atoms with Crippen LogP contribution >= 0.6 is 0 Å². The SMILES string of the molecule is C=COc1cnc(C(=O)Nc2ccc(F)c([C@@]3(C(F)F)N=C(N)CCC3(F)F)c2)cn1. The summed E-state index contributed by atoms with van der Waals surface area (Å²) in [5, 5.41) is 2.27. The maximum absolute atomic E-state index is 14.6. The summed E-state index contributed by atoms with van der Waals surface area (Å²) < 4.78 is 76.5. The minimum Gasteiger partial charge on any atom is -0.446 e. The van der Waals surface area contributed by atoms with Gasteiger partial charge in [0.05, 0.1) is 24.5 Å². The smallest absolute Gasteiger partial charge is 0.283 e. The summed E-state index contributed by atoms with van der Waals surface area (Å²) in [4.78, 5) is 23.2. The highest BCUT2D eigenvalue weighted by molar-refractivity contribution is 6.02. The minimum atomic E-state index is -4.08. The van der Waals surface area contributed by atoms with Crippen molar-refractivity contribution in [1.82, 2.24) is 9.97 Å². The lowest BCUT2D eigenvalue weighted by atomic mass is 9.79. The van der Waals surface area contributed by atoms with E-state index in [1.807, 2.05) is 0 Å². The Morgan fingerprint density at radius 3 is 2.65 bits per heavy atom. The summed E-state index contributed by atoms with van der Waals surface area (Å²) in [7, 11) is 0. The van der Waals surface area contributed by atoms with Gasteiger partial charge in [-0.05, 0) is 18.2 Å². The van der Waals surface area contributed by atoms with Crippen LogP contribution in [0.5, 0.6) is 5.88 Å². The van der Waals surface area contributed by atoms with Crippen molar-refractivity contribution in [2.75, 3.05) is 5.32 Å². The van der Waals surface area contributed by atoms with Crippen LogP contribution in [0, 0.1) is 5.82 Å². The number of halogens is 5. The molecule has 2 aromatic rings. The van der Waals surface area contributed by atoms with E-state index in [4.69, 9.17) is 10.5 Å². The van der Waals surface area contributed by atoms with Crippen molar-refractivity contribution in [3.8, 4) is 5.88 Å². The van der Waals surface area contributed by atoms with Crippen molar-refractivity contribution in [2.24, 2.45) is 10.7 Å². The van der Waals surface area contributed by atoms with E-state index in [2.05, 4.69) is 26.9 Å². The van der Waals surface area contributed by atoms with Crippen molar-refractivity contribution in [1.29, 1.82) is 0 Å².